The third-order valence-corrected chi connectivity index (χ3v) is 21.2. The molecule has 79 heavy (non-hydrogen) atoms. The number of nitrogens with zero attached hydrogens (tertiary/aromatic N) is 3. The first kappa shape index (κ1) is 50.4. The van der Waals surface area contributed by atoms with Crippen LogP contribution < -0.4 is 30.4 Å². The zero-order valence-electron chi connectivity index (χ0n) is 48.7. The van der Waals surface area contributed by atoms with Gasteiger partial charge in [0.1, 0.15) is 0 Å². The molecular formula is C74H76BN3S. The summed E-state index contributed by atoms with van der Waals surface area (Å²) < 4.78 is 2.82. The van der Waals surface area contributed by atoms with Crippen LogP contribution in [-0.2, 0) is 34.5 Å². The molecule has 8 aromatic carbocycles. The molecule has 0 amide bonds. The minimum absolute atomic E-state index is 0.0145. The van der Waals surface area contributed by atoms with Crippen molar-refractivity contribution >= 4 is 89.3 Å². The van der Waals surface area contributed by atoms with Crippen LogP contribution in [0.1, 0.15) is 148 Å². The minimum Gasteiger partial charge on any atom is -0.334 e. The second-order valence-electron chi connectivity index (χ2n) is 28.0. The van der Waals surface area contributed by atoms with Crippen LogP contribution in [0.15, 0.2) is 170 Å². The number of fused-ring (bicyclic) bond motifs is 10. The lowest BCUT2D eigenvalue weighted by molar-refractivity contribution is 0.195. The summed E-state index contributed by atoms with van der Waals surface area (Å²) in [5.41, 5.74) is 24.9. The quantitative estimate of drug-likeness (QED) is 0.154. The lowest BCUT2D eigenvalue weighted by Gasteiger charge is -2.51. The molecule has 5 aliphatic rings. The van der Waals surface area contributed by atoms with E-state index in [-0.39, 0.29) is 39.3 Å². The summed E-state index contributed by atoms with van der Waals surface area (Å²) in [6, 6.07) is 67.0. The van der Waals surface area contributed by atoms with Crippen molar-refractivity contribution in [3.05, 3.63) is 209 Å². The zero-order chi connectivity index (χ0) is 54.8. The summed E-state index contributed by atoms with van der Waals surface area (Å²) in [6.45, 7) is 28.9. The van der Waals surface area contributed by atoms with E-state index in [1.165, 1.54) is 141 Å². The van der Waals surface area contributed by atoms with E-state index >= 15 is 0 Å². The van der Waals surface area contributed by atoms with Gasteiger partial charge in [0, 0.05) is 65.4 Å². The Kier molecular flexibility index (Phi) is 11.1. The van der Waals surface area contributed by atoms with Gasteiger partial charge in [0.15, 0.2) is 0 Å². The number of benzene rings is 8. The van der Waals surface area contributed by atoms with Crippen LogP contribution in [0, 0.1) is 5.41 Å². The molecule has 4 heterocycles. The van der Waals surface area contributed by atoms with Crippen LogP contribution in [0.25, 0.3) is 21.2 Å². The van der Waals surface area contributed by atoms with Crippen LogP contribution in [-0.4, -0.2) is 12.3 Å². The molecule has 0 N–H and O–H groups in total. The van der Waals surface area contributed by atoms with Gasteiger partial charge < -0.3 is 14.7 Å². The molecule has 1 aromatic heterocycles. The van der Waals surface area contributed by atoms with Gasteiger partial charge in [-0.05, 0) is 165 Å². The Morgan fingerprint density at radius 2 is 1.11 bits per heavy atom. The number of hydrogen-bond acceptors (Lipinski definition) is 4. The van der Waals surface area contributed by atoms with Gasteiger partial charge in [-0.1, -0.05) is 198 Å². The maximum absolute atomic E-state index is 2.83. The van der Waals surface area contributed by atoms with Crippen molar-refractivity contribution < 1.29 is 0 Å². The van der Waals surface area contributed by atoms with Crippen molar-refractivity contribution in [2.75, 3.05) is 14.7 Å². The Morgan fingerprint density at radius 1 is 0.494 bits per heavy atom. The average Bonchev–Trinajstić information content (AvgIpc) is 2.62. The predicted molar refractivity (Wildman–Crippen MR) is 341 cm³/mol. The van der Waals surface area contributed by atoms with E-state index < -0.39 is 0 Å². The molecule has 2 unspecified atom stereocenters. The van der Waals surface area contributed by atoms with Crippen molar-refractivity contribution in [3.63, 3.8) is 0 Å². The molecule has 9 aromatic rings. The monoisotopic (exact) mass is 1050 g/mol. The first-order valence-electron chi connectivity index (χ1n) is 29.4. The molecule has 0 radical (unpaired) electrons. The Bertz CT molecular complexity index is 3930. The SMILES string of the molecule is CC1(C)Cc2cc3sc4c(c3cc2C1)N(c1ccc(C(C)(C)C)cc1)c1cc(N2c3ccccc3C3(C)CCCCC23C)cc2c1B4c1ccc(C(C)(C)c3ccccc3)cc1N2c1ccc(C(C)(C)C)cc1-c1ccccc1. The average molecular weight is 1050 g/mol. The van der Waals surface area contributed by atoms with Crippen LogP contribution in [0.5, 0.6) is 0 Å². The minimum atomic E-state index is -0.271. The van der Waals surface area contributed by atoms with E-state index in [1.54, 1.807) is 0 Å². The van der Waals surface area contributed by atoms with Gasteiger partial charge in [0.25, 0.3) is 6.71 Å². The molecule has 2 atom stereocenters. The number of hydrogen-bond donors (Lipinski definition) is 0. The fraction of sp³-hybridized carbons (Fsp3) is 0.324. The zero-order valence-corrected chi connectivity index (χ0v) is 49.6. The predicted octanol–water partition coefficient (Wildman–Crippen LogP) is 18.4. The molecule has 396 valence electrons. The normalized spacial score (nSPS) is 19.9. The molecule has 1 saturated carbocycles. The van der Waals surface area contributed by atoms with Crippen LogP contribution in [0.2, 0.25) is 0 Å². The Hall–Kier alpha value is -6.82. The van der Waals surface area contributed by atoms with Gasteiger partial charge in [-0.15, -0.1) is 11.3 Å². The summed E-state index contributed by atoms with van der Waals surface area (Å²) >= 11 is 2.05. The summed E-state index contributed by atoms with van der Waals surface area (Å²) in [6.07, 6.45) is 6.97. The second kappa shape index (κ2) is 17.3. The molecule has 3 aliphatic heterocycles. The van der Waals surface area contributed by atoms with Crippen molar-refractivity contribution in [2.24, 2.45) is 5.41 Å². The highest BCUT2D eigenvalue weighted by Crippen LogP contribution is 2.62. The molecule has 0 spiro atoms. The highest BCUT2D eigenvalue weighted by Gasteiger charge is 2.58. The van der Waals surface area contributed by atoms with E-state index in [0.29, 0.717) is 0 Å². The van der Waals surface area contributed by atoms with Gasteiger partial charge in [0.05, 0.1) is 16.9 Å². The molecule has 3 nitrogen and oxygen atoms in total. The van der Waals surface area contributed by atoms with E-state index in [1.807, 2.05) is 11.3 Å². The Morgan fingerprint density at radius 3 is 1.82 bits per heavy atom. The summed E-state index contributed by atoms with van der Waals surface area (Å²) in [4.78, 5) is 8.29. The Balaban J connectivity index is 1.14. The van der Waals surface area contributed by atoms with Gasteiger partial charge in [-0.2, -0.15) is 0 Å². The van der Waals surface area contributed by atoms with Crippen LogP contribution in [0.4, 0.5) is 45.5 Å². The lowest BCUT2D eigenvalue weighted by atomic mass is 9.36. The molecule has 14 rings (SSSR count). The topological polar surface area (TPSA) is 9.72 Å². The maximum atomic E-state index is 2.83. The van der Waals surface area contributed by atoms with Crippen LogP contribution >= 0.6 is 11.3 Å². The van der Waals surface area contributed by atoms with E-state index in [4.69, 9.17) is 0 Å². The molecule has 1 fully saturated rings. The summed E-state index contributed by atoms with van der Waals surface area (Å²) in [5, 5.41) is 1.38. The number of thiophene rings is 1. The van der Waals surface area contributed by atoms with Crippen molar-refractivity contribution in [1.82, 2.24) is 0 Å². The molecule has 5 heteroatoms. The summed E-state index contributed by atoms with van der Waals surface area (Å²) in [7, 11) is 0. The second-order valence-corrected chi connectivity index (χ2v) is 29.1. The molecule has 0 bridgehead atoms. The number of rotatable bonds is 6. The van der Waals surface area contributed by atoms with E-state index in [2.05, 4.69) is 268 Å². The molecule has 2 aliphatic carbocycles. The molecular weight excluding hydrogens is 974 g/mol. The van der Waals surface area contributed by atoms with Crippen molar-refractivity contribution in [3.8, 4) is 11.1 Å². The van der Waals surface area contributed by atoms with Crippen molar-refractivity contribution in [2.45, 2.75) is 149 Å². The summed E-state index contributed by atoms with van der Waals surface area (Å²) in [5.74, 6) is 0. The number of para-hydroxylation sites is 1. The maximum Gasteiger partial charge on any atom is 0.264 e. The van der Waals surface area contributed by atoms with Gasteiger partial charge in [-0.3, -0.25) is 0 Å². The van der Waals surface area contributed by atoms with Crippen LogP contribution in [0.3, 0.4) is 0 Å². The van der Waals surface area contributed by atoms with Crippen molar-refractivity contribution in [1.29, 1.82) is 0 Å². The third kappa shape index (κ3) is 7.57. The third-order valence-electron chi connectivity index (χ3n) is 20.0. The van der Waals surface area contributed by atoms with Gasteiger partial charge in [0.2, 0.25) is 0 Å². The standard InChI is InChI=1S/C74H76BN3S/c1-69(2,3)50-29-33-54(34-30-50)76-63-43-55(78-61-28-20-19-27-58(61)73(11)37-21-22-38-74(73,78)12)44-64-66(63)75(68-67(76)57-39-48-45-71(7,8)46-49(48)40-65(57)79-68)59-35-31-53(72(9,10)51-25-17-14-18-26-51)42-62(59)77(64)60-36-32-52(70(4,5)6)41-56(60)47-23-15-13-16-24-47/h13-20,23-36,39-44H,21-22,37-38,45-46H2,1-12H3. The van der Waals surface area contributed by atoms with Gasteiger partial charge >= 0.3 is 0 Å². The fourth-order valence-corrected chi connectivity index (χ4v) is 16.7. The number of anilines is 8. The smallest absolute Gasteiger partial charge is 0.264 e. The van der Waals surface area contributed by atoms with Gasteiger partial charge in [-0.25, -0.2) is 0 Å². The van der Waals surface area contributed by atoms with E-state index in [0.717, 1.165) is 19.3 Å². The lowest BCUT2D eigenvalue weighted by Crippen LogP contribution is -2.60. The van der Waals surface area contributed by atoms with E-state index in [9.17, 15) is 0 Å². The highest BCUT2D eigenvalue weighted by atomic mass is 32.1. The largest absolute Gasteiger partial charge is 0.334 e. The molecule has 0 saturated heterocycles. The first-order valence-corrected chi connectivity index (χ1v) is 30.2. The highest BCUT2D eigenvalue weighted by molar-refractivity contribution is 7.33. The first-order chi connectivity index (χ1) is 37.6. The Labute approximate surface area is 475 Å². The fourth-order valence-electron chi connectivity index (χ4n) is 15.3.